The summed E-state index contributed by atoms with van der Waals surface area (Å²) in [4.78, 5) is 18.3. The number of benzene rings is 1. The van der Waals surface area contributed by atoms with Crippen molar-refractivity contribution in [1.82, 2.24) is 15.2 Å². The summed E-state index contributed by atoms with van der Waals surface area (Å²) in [6.07, 6.45) is 2.47. The second kappa shape index (κ2) is 6.88. The number of carbonyl (C=O) groups excluding carboxylic acids is 1. The monoisotopic (exact) mass is 341 g/mol. The zero-order valence-electron chi connectivity index (χ0n) is 13.7. The normalized spacial score (nSPS) is 18.2. The summed E-state index contributed by atoms with van der Waals surface area (Å²) in [7, 11) is 0. The number of carbonyl (C=O) groups is 1. The highest BCUT2D eigenvalue weighted by atomic mass is 16.7. The highest BCUT2D eigenvalue weighted by molar-refractivity contribution is 5.74. The summed E-state index contributed by atoms with van der Waals surface area (Å²) in [5, 5.41) is 2.94. The van der Waals surface area contributed by atoms with E-state index in [0.717, 1.165) is 23.5 Å². The highest BCUT2D eigenvalue weighted by Crippen LogP contribution is 2.32. The van der Waals surface area contributed by atoms with Gasteiger partial charge in [0.05, 0.1) is 6.54 Å². The highest BCUT2D eigenvalue weighted by Gasteiger charge is 2.27. The van der Waals surface area contributed by atoms with Crippen molar-refractivity contribution in [3.63, 3.8) is 0 Å². The molecule has 2 amide bonds. The average molecular weight is 341 g/mol. The van der Waals surface area contributed by atoms with Crippen molar-refractivity contribution in [2.75, 3.05) is 19.9 Å². The number of rotatable bonds is 4. The quantitative estimate of drug-likeness (QED) is 0.923. The lowest BCUT2D eigenvalue weighted by Crippen LogP contribution is -2.39. The first-order valence-electron chi connectivity index (χ1n) is 8.27. The van der Waals surface area contributed by atoms with Crippen molar-refractivity contribution in [1.29, 1.82) is 0 Å². The lowest BCUT2D eigenvalue weighted by atomic mass is 10.2. The van der Waals surface area contributed by atoms with Crippen LogP contribution in [0.1, 0.15) is 12.0 Å². The van der Waals surface area contributed by atoms with E-state index < -0.39 is 0 Å². The van der Waals surface area contributed by atoms with Crippen LogP contribution < -0.4 is 19.5 Å². The maximum atomic E-state index is 12.3. The predicted molar refractivity (Wildman–Crippen MR) is 89.6 cm³/mol. The number of nitrogens with zero attached hydrogens (tertiary/aromatic N) is 2. The van der Waals surface area contributed by atoms with Gasteiger partial charge in [-0.25, -0.2) is 9.78 Å². The minimum atomic E-state index is -0.0928. The Kier molecular flexibility index (Phi) is 4.28. The third kappa shape index (κ3) is 3.60. The number of likely N-dealkylation sites (tertiary alicyclic amines) is 1. The topological polar surface area (TPSA) is 72.9 Å². The molecule has 0 radical (unpaired) electrons. The molecule has 7 heteroatoms. The van der Waals surface area contributed by atoms with Crippen LogP contribution in [-0.4, -0.2) is 41.9 Å². The first kappa shape index (κ1) is 15.6. The Labute approximate surface area is 145 Å². The molecule has 1 N–H and O–H groups in total. The molecule has 3 heterocycles. The van der Waals surface area contributed by atoms with Crippen molar-refractivity contribution < 1.29 is 19.0 Å². The maximum absolute atomic E-state index is 12.3. The summed E-state index contributed by atoms with van der Waals surface area (Å²) in [6, 6.07) is 11.1. The van der Waals surface area contributed by atoms with E-state index in [1.807, 2.05) is 36.4 Å². The standard InChI is InChI=1S/C18H19N3O4/c22-18(20-10-13-4-5-15-16(9-13)24-12-23-15)21-8-6-14(11-21)25-17-3-1-2-7-19-17/h1-5,7,9,14H,6,8,10-12H2,(H,20,22)/t14-/m1/s1. The number of aromatic nitrogens is 1. The van der Waals surface area contributed by atoms with Gasteiger partial charge in [0, 0.05) is 31.8 Å². The molecule has 7 nitrogen and oxygen atoms in total. The van der Waals surface area contributed by atoms with Crippen LogP contribution in [0.4, 0.5) is 4.79 Å². The molecule has 0 aliphatic carbocycles. The number of fused-ring (bicyclic) bond motifs is 1. The molecular weight excluding hydrogens is 322 g/mol. The van der Waals surface area contributed by atoms with Crippen LogP contribution in [0.15, 0.2) is 42.6 Å². The van der Waals surface area contributed by atoms with Crippen molar-refractivity contribution in [3.05, 3.63) is 48.2 Å². The van der Waals surface area contributed by atoms with Crippen LogP contribution in [0.3, 0.4) is 0 Å². The van der Waals surface area contributed by atoms with Crippen molar-refractivity contribution in [2.24, 2.45) is 0 Å². The zero-order valence-corrected chi connectivity index (χ0v) is 13.7. The van der Waals surface area contributed by atoms with Crippen LogP contribution >= 0.6 is 0 Å². The maximum Gasteiger partial charge on any atom is 0.317 e. The smallest absolute Gasteiger partial charge is 0.317 e. The van der Waals surface area contributed by atoms with Gasteiger partial charge in [0.2, 0.25) is 12.7 Å². The molecule has 2 aliphatic heterocycles. The summed E-state index contributed by atoms with van der Waals surface area (Å²) >= 11 is 0. The van der Waals surface area contributed by atoms with E-state index in [1.54, 1.807) is 11.1 Å². The summed E-state index contributed by atoms with van der Waals surface area (Å²) in [5.74, 6) is 2.05. The molecule has 0 unspecified atom stereocenters. The van der Waals surface area contributed by atoms with Crippen molar-refractivity contribution in [3.8, 4) is 17.4 Å². The number of hydrogen-bond donors (Lipinski definition) is 1. The molecule has 1 aromatic carbocycles. The predicted octanol–water partition coefficient (Wildman–Crippen LogP) is 2.17. The molecule has 25 heavy (non-hydrogen) atoms. The SMILES string of the molecule is O=C(NCc1ccc2c(c1)OCO2)N1CC[C@@H](Oc2ccccn2)C1. The molecule has 2 aliphatic rings. The Bertz CT molecular complexity index is 753. The number of nitrogens with one attached hydrogen (secondary N) is 1. The summed E-state index contributed by atoms with van der Waals surface area (Å²) in [6.45, 7) is 1.92. The second-order valence-corrected chi connectivity index (χ2v) is 5.99. The van der Waals surface area contributed by atoms with E-state index in [0.29, 0.717) is 25.5 Å². The Balaban J connectivity index is 1.27. The number of amides is 2. The summed E-state index contributed by atoms with van der Waals surface area (Å²) in [5.41, 5.74) is 0.970. The van der Waals surface area contributed by atoms with Gasteiger partial charge in [-0.1, -0.05) is 12.1 Å². The van der Waals surface area contributed by atoms with Crippen LogP contribution in [-0.2, 0) is 6.54 Å². The van der Waals surface area contributed by atoms with Gasteiger partial charge in [0.25, 0.3) is 0 Å². The lowest BCUT2D eigenvalue weighted by Gasteiger charge is -2.17. The van der Waals surface area contributed by atoms with E-state index in [9.17, 15) is 4.79 Å². The molecule has 1 atom stereocenters. The Morgan fingerprint density at radius 1 is 1.28 bits per heavy atom. The Morgan fingerprint density at radius 3 is 3.08 bits per heavy atom. The fourth-order valence-electron chi connectivity index (χ4n) is 2.94. The number of pyridine rings is 1. The molecule has 0 spiro atoms. The molecular formula is C18H19N3O4. The molecule has 1 fully saturated rings. The van der Waals surface area contributed by atoms with E-state index in [4.69, 9.17) is 14.2 Å². The Morgan fingerprint density at radius 2 is 2.20 bits per heavy atom. The first-order chi connectivity index (χ1) is 12.3. The zero-order chi connectivity index (χ0) is 17.1. The van der Waals surface area contributed by atoms with Gasteiger partial charge in [-0.15, -0.1) is 0 Å². The van der Waals surface area contributed by atoms with Crippen LogP contribution in [0.5, 0.6) is 17.4 Å². The number of hydrogen-bond acceptors (Lipinski definition) is 5. The first-order valence-corrected chi connectivity index (χ1v) is 8.27. The fraction of sp³-hybridized carbons (Fsp3) is 0.333. The van der Waals surface area contributed by atoms with Gasteiger partial charge < -0.3 is 24.4 Å². The molecule has 0 saturated carbocycles. The molecule has 4 rings (SSSR count). The van der Waals surface area contributed by atoms with E-state index in [-0.39, 0.29) is 18.9 Å². The fourth-order valence-corrected chi connectivity index (χ4v) is 2.94. The van der Waals surface area contributed by atoms with Gasteiger partial charge in [-0.3, -0.25) is 0 Å². The van der Waals surface area contributed by atoms with Gasteiger partial charge in [0.1, 0.15) is 6.10 Å². The second-order valence-electron chi connectivity index (χ2n) is 5.99. The third-order valence-electron chi connectivity index (χ3n) is 4.24. The molecule has 0 bridgehead atoms. The van der Waals surface area contributed by atoms with Crippen LogP contribution in [0.2, 0.25) is 0 Å². The number of ether oxygens (including phenoxy) is 3. The van der Waals surface area contributed by atoms with Gasteiger partial charge in [-0.2, -0.15) is 0 Å². The van der Waals surface area contributed by atoms with Crippen molar-refractivity contribution >= 4 is 6.03 Å². The minimum Gasteiger partial charge on any atom is -0.472 e. The number of urea groups is 1. The minimum absolute atomic E-state index is 0.0220. The Hall–Kier alpha value is -2.96. The van der Waals surface area contributed by atoms with E-state index >= 15 is 0 Å². The van der Waals surface area contributed by atoms with E-state index in [2.05, 4.69) is 10.3 Å². The van der Waals surface area contributed by atoms with Gasteiger partial charge in [-0.05, 0) is 23.8 Å². The molecule has 2 aromatic rings. The van der Waals surface area contributed by atoms with Crippen molar-refractivity contribution in [2.45, 2.75) is 19.1 Å². The van der Waals surface area contributed by atoms with Crippen LogP contribution in [0, 0.1) is 0 Å². The van der Waals surface area contributed by atoms with Gasteiger partial charge in [0.15, 0.2) is 11.5 Å². The largest absolute Gasteiger partial charge is 0.472 e. The molecule has 130 valence electrons. The van der Waals surface area contributed by atoms with E-state index in [1.165, 1.54) is 0 Å². The summed E-state index contributed by atoms with van der Waals surface area (Å²) < 4.78 is 16.4. The average Bonchev–Trinajstić information content (AvgIpc) is 3.29. The van der Waals surface area contributed by atoms with Crippen LogP contribution in [0.25, 0.3) is 0 Å². The molecule has 1 aromatic heterocycles. The lowest BCUT2D eigenvalue weighted by molar-refractivity contribution is 0.174. The molecule has 1 saturated heterocycles. The third-order valence-corrected chi connectivity index (χ3v) is 4.24. The van der Waals surface area contributed by atoms with Gasteiger partial charge >= 0.3 is 6.03 Å².